The van der Waals surface area contributed by atoms with E-state index in [1.807, 2.05) is 37.3 Å². The Morgan fingerprint density at radius 1 is 0.682 bits per heavy atom. The molecule has 2 saturated carbocycles. The van der Waals surface area contributed by atoms with E-state index in [1.165, 1.54) is 0 Å². The molecule has 4 nitrogen and oxygen atoms in total. The molecule has 3 aliphatic rings. The van der Waals surface area contributed by atoms with Gasteiger partial charge in [-0.1, -0.05) is 111 Å². The quantitative estimate of drug-likeness (QED) is 0.141. The van der Waals surface area contributed by atoms with Crippen molar-refractivity contribution in [1.29, 1.82) is 0 Å². The van der Waals surface area contributed by atoms with E-state index in [0.717, 1.165) is 34.3 Å². The fourth-order valence-electron chi connectivity index (χ4n) is 7.25. The van der Waals surface area contributed by atoms with E-state index >= 15 is 0 Å². The first kappa shape index (κ1) is 35.8. The van der Waals surface area contributed by atoms with Crippen LogP contribution in [-0.2, 0) is 4.74 Å². The topological polar surface area (TPSA) is 73.2 Å². The van der Waals surface area contributed by atoms with Gasteiger partial charge in [-0.15, -0.1) is 5.73 Å². The summed E-state index contributed by atoms with van der Waals surface area (Å²) in [6, 6.07) is 0. The highest BCUT2D eigenvalue weighted by atomic mass is 16.6. The number of aliphatic hydroxyl groups is 3. The van der Waals surface area contributed by atoms with Crippen LogP contribution in [0.4, 0.5) is 0 Å². The van der Waals surface area contributed by atoms with Gasteiger partial charge in [-0.3, -0.25) is 0 Å². The summed E-state index contributed by atoms with van der Waals surface area (Å²) in [7, 11) is 0. The number of hydrogen-bond acceptors (Lipinski definition) is 4. The van der Waals surface area contributed by atoms with Gasteiger partial charge < -0.3 is 20.1 Å². The second-order valence-electron chi connectivity index (χ2n) is 15.0. The molecule has 0 radical (unpaired) electrons. The molecule has 0 aromatic carbocycles. The summed E-state index contributed by atoms with van der Waals surface area (Å²) in [5, 5.41) is 31.2. The molecular weight excluding hydrogens is 544 g/mol. The smallest absolute Gasteiger partial charge is 0.121 e. The molecule has 3 N–H and O–H groups in total. The number of aliphatic hydroxyl groups excluding tert-OH is 2. The monoisotopic (exact) mass is 600 g/mol. The molecule has 0 aromatic rings. The van der Waals surface area contributed by atoms with Crippen LogP contribution in [0.25, 0.3) is 0 Å². The Morgan fingerprint density at radius 2 is 1.18 bits per heavy atom. The van der Waals surface area contributed by atoms with E-state index in [0.29, 0.717) is 19.3 Å². The minimum Gasteiger partial charge on any atom is -0.393 e. The molecular formula is C40H56O4. The van der Waals surface area contributed by atoms with Crippen molar-refractivity contribution in [3.05, 3.63) is 113 Å². The summed E-state index contributed by atoms with van der Waals surface area (Å²) >= 11 is 0. The lowest BCUT2D eigenvalue weighted by Crippen LogP contribution is -2.46. The standard InChI is InChI=1S/C40H56O4/c1-29(17-13-19-31(3)21-22-35-36(5,6)25-33(41)27-38(35,9)43)15-11-12-16-30(2)18-14-20-32(4)23-24-40-37(7,8)26-34(42)28-39(40,10)44-40/h11-21,23-24,33-34,41-43H,25-28H2,1-10H3/b12-11+,17-13+,18-14+,24-23+,29-15+,30-16+,31-19+,32-20+/t22?,33-,34-,38-,39-,40+/m0/s1. The summed E-state index contributed by atoms with van der Waals surface area (Å²) in [5.41, 5.74) is 6.63. The summed E-state index contributed by atoms with van der Waals surface area (Å²) in [6.45, 7) is 20.6. The average molecular weight is 601 g/mol. The predicted octanol–water partition coefficient (Wildman–Crippen LogP) is 8.72. The zero-order chi connectivity index (χ0) is 33.0. The molecule has 0 spiro atoms. The highest BCUT2D eigenvalue weighted by Crippen LogP contribution is 2.66. The minimum absolute atomic E-state index is 0.103. The number of fused-ring (bicyclic) bond motifs is 1. The van der Waals surface area contributed by atoms with Gasteiger partial charge in [0.2, 0.25) is 0 Å². The maximum Gasteiger partial charge on any atom is 0.121 e. The zero-order valence-corrected chi connectivity index (χ0v) is 28.7. The Balaban J connectivity index is 1.53. The Kier molecular flexibility index (Phi) is 11.2. The van der Waals surface area contributed by atoms with E-state index in [4.69, 9.17) is 4.74 Å². The van der Waals surface area contributed by atoms with Crippen molar-refractivity contribution in [3.8, 4) is 0 Å². The van der Waals surface area contributed by atoms with Crippen LogP contribution in [0.3, 0.4) is 0 Å². The third kappa shape index (κ3) is 8.71. The first-order valence-corrected chi connectivity index (χ1v) is 16.0. The molecule has 3 fully saturated rings. The molecule has 1 heterocycles. The Labute approximate surface area is 267 Å². The van der Waals surface area contributed by atoms with Crippen molar-refractivity contribution >= 4 is 0 Å². The van der Waals surface area contributed by atoms with Crippen molar-refractivity contribution in [3.63, 3.8) is 0 Å². The van der Waals surface area contributed by atoms with Crippen LogP contribution in [-0.4, -0.2) is 44.3 Å². The highest BCUT2D eigenvalue weighted by Gasteiger charge is 2.74. The van der Waals surface area contributed by atoms with Gasteiger partial charge in [0.15, 0.2) is 0 Å². The molecule has 0 bridgehead atoms. The fraction of sp³-hybridized carbons (Fsp3) is 0.525. The van der Waals surface area contributed by atoms with Gasteiger partial charge in [0.25, 0.3) is 0 Å². The van der Waals surface area contributed by atoms with Crippen LogP contribution >= 0.6 is 0 Å². The zero-order valence-electron chi connectivity index (χ0n) is 28.7. The summed E-state index contributed by atoms with van der Waals surface area (Å²) in [5.74, 6) is 0. The second-order valence-corrected chi connectivity index (χ2v) is 15.0. The molecule has 3 rings (SSSR count). The van der Waals surface area contributed by atoms with Gasteiger partial charge in [-0.2, -0.15) is 0 Å². The van der Waals surface area contributed by atoms with Crippen LogP contribution in [0.15, 0.2) is 113 Å². The fourth-order valence-corrected chi connectivity index (χ4v) is 7.25. The summed E-state index contributed by atoms with van der Waals surface area (Å²) in [6.07, 6.45) is 28.5. The normalized spacial score (nSPS) is 34.7. The Hall–Kier alpha value is -2.72. The van der Waals surface area contributed by atoms with E-state index in [-0.39, 0.29) is 28.1 Å². The molecule has 4 heteroatoms. The van der Waals surface area contributed by atoms with Gasteiger partial charge in [0.1, 0.15) is 11.2 Å². The van der Waals surface area contributed by atoms with Crippen LogP contribution in [0.1, 0.15) is 94.9 Å². The lowest BCUT2D eigenvalue weighted by molar-refractivity contribution is -0.0268. The van der Waals surface area contributed by atoms with E-state index in [9.17, 15) is 15.3 Å². The van der Waals surface area contributed by atoms with E-state index in [1.54, 1.807) is 6.92 Å². The first-order chi connectivity index (χ1) is 20.3. The molecule has 0 unspecified atom stereocenters. The SMILES string of the molecule is C\C(C=C=C1C(C)(C)C[C@H](O)C[C@]1(C)O)=C/C=C/C(C)=C/C=C/C=C(C)/C=C/C=C(C)/C=C/[C@]12O[C@@]1(C)C[C@@H](O)CC2(C)C. The van der Waals surface area contributed by atoms with Gasteiger partial charge in [0.05, 0.1) is 17.8 Å². The minimum atomic E-state index is -1.05. The Morgan fingerprint density at radius 3 is 1.73 bits per heavy atom. The van der Waals surface area contributed by atoms with Crippen molar-refractivity contribution in [1.82, 2.24) is 0 Å². The highest BCUT2D eigenvalue weighted by molar-refractivity contribution is 5.37. The number of rotatable bonds is 9. The maximum absolute atomic E-state index is 10.9. The largest absolute Gasteiger partial charge is 0.393 e. The molecule has 1 saturated heterocycles. The molecule has 5 atom stereocenters. The molecule has 44 heavy (non-hydrogen) atoms. The Bertz CT molecular complexity index is 1360. The molecule has 0 aromatic heterocycles. The van der Waals surface area contributed by atoms with Gasteiger partial charge in [-0.25, -0.2) is 0 Å². The van der Waals surface area contributed by atoms with Crippen molar-refractivity contribution in [2.24, 2.45) is 10.8 Å². The molecule has 0 amide bonds. The third-order valence-electron chi connectivity index (χ3n) is 9.39. The lowest BCUT2D eigenvalue weighted by Gasteiger charge is -2.43. The van der Waals surface area contributed by atoms with Crippen LogP contribution in [0, 0.1) is 10.8 Å². The second kappa shape index (κ2) is 13.7. The molecule has 1 aliphatic heterocycles. The number of epoxide rings is 1. The van der Waals surface area contributed by atoms with Crippen LogP contribution in [0.5, 0.6) is 0 Å². The molecule has 240 valence electrons. The predicted molar refractivity (Wildman–Crippen MR) is 184 cm³/mol. The number of allylic oxidation sites excluding steroid dienone is 15. The van der Waals surface area contributed by atoms with E-state index < -0.39 is 11.7 Å². The van der Waals surface area contributed by atoms with Gasteiger partial charge in [-0.05, 0) is 77.5 Å². The number of hydrogen-bond donors (Lipinski definition) is 3. The summed E-state index contributed by atoms with van der Waals surface area (Å²) < 4.78 is 6.24. The lowest BCUT2D eigenvalue weighted by atomic mass is 9.63. The van der Waals surface area contributed by atoms with Crippen molar-refractivity contribution < 1.29 is 20.1 Å². The molecule has 2 aliphatic carbocycles. The third-order valence-corrected chi connectivity index (χ3v) is 9.39. The van der Waals surface area contributed by atoms with Gasteiger partial charge >= 0.3 is 0 Å². The van der Waals surface area contributed by atoms with Crippen molar-refractivity contribution in [2.75, 3.05) is 0 Å². The number of ether oxygens (including phenoxy) is 1. The van der Waals surface area contributed by atoms with E-state index in [2.05, 4.69) is 110 Å². The summed E-state index contributed by atoms with van der Waals surface area (Å²) in [4.78, 5) is 0. The maximum atomic E-state index is 10.9. The first-order valence-electron chi connectivity index (χ1n) is 16.0. The van der Waals surface area contributed by atoms with Gasteiger partial charge in [0, 0.05) is 23.8 Å². The van der Waals surface area contributed by atoms with Crippen LogP contribution in [0.2, 0.25) is 0 Å². The average Bonchev–Trinajstić information content (AvgIpc) is 3.49. The van der Waals surface area contributed by atoms with Crippen LogP contribution < -0.4 is 0 Å². The van der Waals surface area contributed by atoms with Crippen molar-refractivity contribution in [2.45, 2.75) is 124 Å².